The number of carbonyl (C=O) groups is 2. The fourth-order valence-corrected chi connectivity index (χ4v) is 3.71. The largest absolute Gasteiger partial charge is 0.279 e. The van der Waals surface area contributed by atoms with E-state index in [0.717, 1.165) is 12.8 Å². The van der Waals surface area contributed by atoms with Crippen LogP contribution in [0.1, 0.15) is 66.1 Å². The molecule has 0 saturated carbocycles. The second-order valence-corrected chi connectivity index (χ2v) is 7.21. The monoisotopic (exact) mass is 308 g/mol. The van der Waals surface area contributed by atoms with E-state index < -0.39 is 0 Å². The van der Waals surface area contributed by atoms with E-state index >= 15 is 0 Å². The van der Waals surface area contributed by atoms with Gasteiger partial charge in [0.05, 0.1) is 4.88 Å². The van der Waals surface area contributed by atoms with Crippen LogP contribution in [0, 0.1) is 5.92 Å². The highest BCUT2D eigenvalue weighted by Gasteiger charge is 2.16. The fourth-order valence-electron chi connectivity index (χ4n) is 2.57. The molecule has 0 radical (unpaired) electrons. The summed E-state index contributed by atoms with van der Waals surface area (Å²) in [6, 6.07) is 2.00. The minimum atomic E-state index is -0.205. The number of amides is 2. The Morgan fingerprint density at radius 3 is 2.57 bits per heavy atom. The topological polar surface area (TPSA) is 58.2 Å². The van der Waals surface area contributed by atoms with Crippen LogP contribution in [0.15, 0.2) is 6.07 Å². The van der Waals surface area contributed by atoms with Crippen molar-refractivity contribution in [2.75, 3.05) is 0 Å². The Bertz CT molecular complexity index is 483. The first kappa shape index (κ1) is 16.0. The molecule has 2 amide bonds. The molecular weight excluding hydrogens is 284 g/mol. The molecule has 1 aliphatic rings. The number of carbonyl (C=O) groups excluding carboxylic acids is 2. The first-order chi connectivity index (χ1) is 10.1. The first-order valence-electron chi connectivity index (χ1n) is 7.77. The van der Waals surface area contributed by atoms with Gasteiger partial charge in [-0.3, -0.25) is 20.4 Å². The molecular formula is C16H24N2O2S. The second-order valence-electron chi connectivity index (χ2n) is 6.07. The molecule has 0 aromatic carbocycles. The first-order valence-corrected chi connectivity index (χ1v) is 8.58. The van der Waals surface area contributed by atoms with E-state index in [2.05, 4.69) is 10.9 Å². The maximum Gasteiger partial charge on any atom is 0.279 e. The van der Waals surface area contributed by atoms with Crippen molar-refractivity contribution in [2.45, 2.75) is 58.8 Å². The maximum atomic E-state index is 12.1. The van der Waals surface area contributed by atoms with Crippen LogP contribution in [0.3, 0.4) is 0 Å². The molecule has 1 heterocycles. The van der Waals surface area contributed by atoms with E-state index in [0.29, 0.717) is 11.3 Å². The number of fused-ring (bicyclic) bond motifs is 1. The SMILES string of the molecule is CC(C)CC(=O)NNC(=O)c1cc2c(s1)CCCCCC2. The zero-order valence-electron chi connectivity index (χ0n) is 12.8. The zero-order chi connectivity index (χ0) is 15.2. The van der Waals surface area contributed by atoms with Crippen molar-refractivity contribution in [2.24, 2.45) is 5.92 Å². The molecule has 0 bridgehead atoms. The van der Waals surface area contributed by atoms with Crippen molar-refractivity contribution < 1.29 is 9.59 Å². The van der Waals surface area contributed by atoms with Crippen molar-refractivity contribution in [3.8, 4) is 0 Å². The summed E-state index contributed by atoms with van der Waals surface area (Å²) in [5.41, 5.74) is 6.32. The average Bonchev–Trinajstić information content (AvgIpc) is 2.78. The highest BCUT2D eigenvalue weighted by atomic mass is 32.1. The van der Waals surface area contributed by atoms with Gasteiger partial charge in [0, 0.05) is 11.3 Å². The van der Waals surface area contributed by atoms with Gasteiger partial charge in [-0.1, -0.05) is 26.7 Å². The van der Waals surface area contributed by atoms with Crippen LogP contribution in [-0.2, 0) is 17.6 Å². The third kappa shape index (κ3) is 4.84. The number of thiophene rings is 1. The van der Waals surface area contributed by atoms with Crippen molar-refractivity contribution in [3.05, 3.63) is 21.4 Å². The van der Waals surface area contributed by atoms with Crippen LogP contribution in [0.4, 0.5) is 0 Å². The lowest BCUT2D eigenvalue weighted by Crippen LogP contribution is -2.41. The van der Waals surface area contributed by atoms with E-state index in [4.69, 9.17) is 0 Å². The Morgan fingerprint density at radius 2 is 1.86 bits per heavy atom. The van der Waals surface area contributed by atoms with E-state index in [1.807, 2.05) is 19.9 Å². The van der Waals surface area contributed by atoms with Crippen molar-refractivity contribution in [1.82, 2.24) is 10.9 Å². The second kappa shape index (κ2) is 7.59. The summed E-state index contributed by atoms with van der Waals surface area (Å²) in [6.07, 6.45) is 7.54. The molecule has 116 valence electrons. The highest BCUT2D eigenvalue weighted by molar-refractivity contribution is 7.14. The molecule has 1 aliphatic carbocycles. The van der Waals surface area contributed by atoms with Gasteiger partial charge in [0.1, 0.15) is 0 Å². The lowest BCUT2D eigenvalue weighted by molar-refractivity contribution is -0.122. The number of hydrazine groups is 1. The van der Waals surface area contributed by atoms with Gasteiger partial charge >= 0.3 is 0 Å². The molecule has 4 nitrogen and oxygen atoms in total. The van der Waals surface area contributed by atoms with Crippen LogP contribution in [0.2, 0.25) is 0 Å². The Hall–Kier alpha value is -1.36. The van der Waals surface area contributed by atoms with Gasteiger partial charge in [-0.05, 0) is 43.2 Å². The molecule has 0 unspecified atom stereocenters. The Kier molecular flexibility index (Phi) is 5.79. The maximum absolute atomic E-state index is 12.1. The van der Waals surface area contributed by atoms with Gasteiger partial charge in [-0.15, -0.1) is 11.3 Å². The predicted molar refractivity (Wildman–Crippen MR) is 85.3 cm³/mol. The van der Waals surface area contributed by atoms with Crippen LogP contribution >= 0.6 is 11.3 Å². The molecule has 0 spiro atoms. The number of rotatable bonds is 3. The van der Waals surface area contributed by atoms with Gasteiger partial charge in [0.15, 0.2) is 0 Å². The van der Waals surface area contributed by atoms with Gasteiger partial charge in [-0.2, -0.15) is 0 Å². The molecule has 2 rings (SSSR count). The third-order valence-corrected chi connectivity index (χ3v) is 4.87. The third-order valence-electron chi connectivity index (χ3n) is 3.63. The zero-order valence-corrected chi connectivity index (χ0v) is 13.6. The summed E-state index contributed by atoms with van der Waals surface area (Å²) in [5.74, 6) is -0.0689. The number of hydrogen-bond donors (Lipinski definition) is 2. The lowest BCUT2D eigenvalue weighted by atomic mass is 10.00. The smallest absolute Gasteiger partial charge is 0.273 e. The van der Waals surface area contributed by atoms with Gasteiger partial charge in [0.2, 0.25) is 5.91 Å². The molecule has 21 heavy (non-hydrogen) atoms. The van der Waals surface area contributed by atoms with Crippen molar-refractivity contribution in [1.29, 1.82) is 0 Å². The summed E-state index contributed by atoms with van der Waals surface area (Å²) in [7, 11) is 0. The van der Waals surface area contributed by atoms with Crippen molar-refractivity contribution >= 4 is 23.2 Å². The summed E-state index contributed by atoms with van der Waals surface area (Å²) >= 11 is 1.57. The van der Waals surface area contributed by atoms with Gasteiger partial charge < -0.3 is 0 Å². The number of hydrogen-bond acceptors (Lipinski definition) is 3. The van der Waals surface area contributed by atoms with Gasteiger partial charge in [0.25, 0.3) is 5.91 Å². The molecule has 2 N–H and O–H groups in total. The van der Waals surface area contributed by atoms with Crippen molar-refractivity contribution in [3.63, 3.8) is 0 Å². The highest BCUT2D eigenvalue weighted by Crippen LogP contribution is 2.28. The molecule has 0 atom stereocenters. The predicted octanol–water partition coefficient (Wildman–Crippen LogP) is 3.21. The summed E-state index contributed by atoms with van der Waals surface area (Å²) in [4.78, 5) is 25.7. The van der Waals surface area contributed by atoms with Crippen LogP contribution in [0.5, 0.6) is 0 Å². The normalized spacial score (nSPS) is 15.0. The Labute approximate surface area is 130 Å². The molecule has 1 aromatic heterocycles. The average molecular weight is 308 g/mol. The van der Waals surface area contributed by atoms with Crippen LogP contribution in [0.25, 0.3) is 0 Å². The molecule has 0 fully saturated rings. The van der Waals surface area contributed by atoms with Crippen LogP contribution in [-0.4, -0.2) is 11.8 Å². The summed E-state index contributed by atoms with van der Waals surface area (Å²) in [6.45, 7) is 3.95. The molecule has 5 heteroatoms. The van der Waals surface area contributed by atoms with Crippen LogP contribution < -0.4 is 10.9 Å². The molecule has 0 saturated heterocycles. The minimum absolute atomic E-state index is 0.145. The quantitative estimate of drug-likeness (QED) is 0.842. The number of nitrogens with one attached hydrogen (secondary N) is 2. The minimum Gasteiger partial charge on any atom is -0.273 e. The fraction of sp³-hybridized carbons (Fsp3) is 0.625. The number of aryl methyl sites for hydroxylation is 2. The Morgan fingerprint density at radius 1 is 1.14 bits per heavy atom. The van der Waals surface area contributed by atoms with E-state index in [9.17, 15) is 9.59 Å². The molecule has 1 aromatic rings. The Balaban J connectivity index is 1.93. The lowest BCUT2D eigenvalue weighted by Gasteiger charge is -2.07. The standard InChI is InChI=1S/C16H24N2O2S/c1-11(2)9-15(19)17-18-16(20)14-10-12-7-5-3-4-6-8-13(12)21-14/h10-11H,3-9H2,1-2H3,(H,17,19)(H,18,20). The summed E-state index contributed by atoms with van der Waals surface area (Å²) in [5, 5.41) is 0. The molecule has 0 aliphatic heterocycles. The summed E-state index contributed by atoms with van der Waals surface area (Å²) < 4.78 is 0. The van der Waals surface area contributed by atoms with E-state index in [-0.39, 0.29) is 17.7 Å². The van der Waals surface area contributed by atoms with E-state index in [1.165, 1.54) is 36.1 Å². The van der Waals surface area contributed by atoms with Gasteiger partial charge in [-0.25, -0.2) is 0 Å². The van der Waals surface area contributed by atoms with E-state index in [1.54, 1.807) is 11.3 Å².